The van der Waals surface area contributed by atoms with Crippen LogP contribution in [0.1, 0.15) is 6.42 Å². The lowest BCUT2D eigenvalue weighted by molar-refractivity contribution is -0.139. The number of aliphatic carboxylic acids is 1. The van der Waals surface area contributed by atoms with E-state index in [1.165, 1.54) is 0 Å². The van der Waals surface area contributed by atoms with Gasteiger partial charge in [-0.15, -0.1) is 0 Å². The van der Waals surface area contributed by atoms with Gasteiger partial charge in [-0.3, -0.25) is 9.89 Å². The smallest absolute Gasteiger partial charge is 0.321 e. The number of aromatic amines is 1. The highest BCUT2D eigenvalue weighted by molar-refractivity contribution is 7.89. The van der Waals surface area contributed by atoms with E-state index in [0.717, 1.165) is 12.4 Å². The number of carboxylic acid groups (broad SMARTS) is 1. The third kappa shape index (κ3) is 3.02. The summed E-state index contributed by atoms with van der Waals surface area (Å²) in [7, 11) is -3.92. The quantitative estimate of drug-likeness (QED) is 0.486. The van der Waals surface area contributed by atoms with Crippen molar-refractivity contribution in [2.75, 3.05) is 6.61 Å². The van der Waals surface area contributed by atoms with Gasteiger partial charge in [0, 0.05) is 12.8 Å². The molecule has 9 heteroatoms. The van der Waals surface area contributed by atoms with Crippen molar-refractivity contribution >= 4 is 16.0 Å². The van der Waals surface area contributed by atoms with Gasteiger partial charge in [0.2, 0.25) is 10.0 Å². The Balaban J connectivity index is 2.82. The van der Waals surface area contributed by atoms with Crippen LogP contribution in [-0.2, 0) is 14.8 Å². The number of nitrogens with one attached hydrogen (secondary N) is 2. The van der Waals surface area contributed by atoms with Gasteiger partial charge in [0.25, 0.3) is 0 Å². The third-order valence-electron chi connectivity index (χ3n) is 1.80. The summed E-state index contributed by atoms with van der Waals surface area (Å²) in [4.78, 5) is 10.5. The van der Waals surface area contributed by atoms with E-state index in [1.807, 2.05) is 4.72 Å². The predicted octanol–water partition coefficient (Wildman–Crippen LogP) is -1.48. The van der Waals surface area contributed by atoms with E-state index in [1.54, 1.807) is 0 Å². The molecule has 1 rings (SSSR count). The van der Waals surface area contributed by atoms with Gasteiger partial charge in [-0.1, -0.05) is 0 Å². The van der Waals surface area contributed by atoms with Crippen molar-refractivity contribution in [3.8, 4) is 0 Å². The zero-order chi connectivity index (χ0) is 12.2. The Morgan fingerprint density at radius 3 is 2.75 bits per heavy atom. The van der Waals surface area contributed by atoms with Gasteiger partial charge in [-0.05, 0) is 6.42 Å². The summed E-state index contributed by atoms with van der Waals surface area (Å²) in [5.41, 5.74) is 0. The highest BCUT2D eigenvalue weighted by Gasteiger charge is 2.25. The van der Waals surface area contributed by atoms with E-state index in [0.29, 0.717) is 0 Å². The first-order valence-corrected chi connectivity index (χ1v) is 5.80. The summed E-state index contributed by atoms with van der Waals surface area (Å²) in [6, 6.07) is -1.36. The lowest BCUT2D eigenvalue weighted by atomic mass is 10.2. The SMILES string of the molecule is O=C(O)C(CCO)NS(=O)(=O)c1cn[nH]c1. The second kappa shape index (κ2) is 5.05. The maximum absolute atomic E-state index is 11.6. The van der Waals surface area contributed by atoms with E-state index >= 15 is 0 Å². The molecule has 0 aromatic carbocycles. The first-order chi connectivity index (χ1) is 7.47. The Bertz CT molecular complexity index is 441. The standard InChI is InChI=1S/C7H11N3O5S/c11-2-1-6(7(12)13)10-16(14,15)5-3-8-9-4-5/h3-4,6,10-11H,1-2H2,(H,8,9)(H,12,13). The number of carbonyl (C=O) groups is 1. The number of hydrogen-bond donors (Lipinski definition) is 4. The van der Waals surface area contributed by atoms with E-state index in [9.17, 15) is 13.2 Å². The fourth-order valence-corrected chi connectivity index (χ4v) is 2.13. The molecule has 0 aliphatic rings. The van der Waals surface area contributed by atoms with Gasteiger partial charge < -0.3 is 10.2 Å². The Hall–Kier alpha value is -1.45. The van der Waals surface area contributed by atoms with Crippen molar-refractivity contribution in [3.63, 3.8) is 0 Å². The first kappa shape index (κ1) is 12.6. The number of aromatic nitrogens is 2. The van der Waals surface area contributed by atoms with Crippen LogP contribution in [0.5, 0.6) is 0 Å². The Labute approximate surface area is 91.3 Å². The number of hydrogen-bond acceptors (Lipinski definition) is 5. The van der Waals surface area contributed by atoms with Gasteiger partial charge in [0.05, 0.1) is 6.20 Å². The third-order valence-corrected chi connectivity index (χ3v) is 3.24. The van der Waals surface area contributed by atoms with Crippen LogP contribution in [0.15, 0.2) is 17.3 Å². The molecule has 1 heterocycles. The topological polar surface area (TPSA) is 132 Å². The van der Waals surface area contributed by atoms with E-state index < -0.39 is 28.6 Å². The molecule has 0 bridgehead atoms. The molecular formula is C7H11N3O5S. The average Bonchev–Trinajstić information content (AvgIpc) is 2.69. The average molecular weight is 249 g/mol. The molecule has 4 N–H and O–H groups in total. The van der Waals surface area contributed by atoms with Crippen LogP contribution in [0.4, 0.5) is 0 Å². The van der Waals surface area contributed by atoms with Crippen LogP contribution in [0.25, 0.3) is 0 Å². The van der Waals surface area contributed by atoms with E-state index in [-0.39, 0.29) is 11.3 Å². The molecule has 0 radical (unpaired) electrons. The minimum Gasteiger partial charge on any atom is -0.480 e. The molecule has 0 spiro atoms. The minimum absolute atomic E-state index is 0.156. The molecule has 16 heavy (non-hydrogen) atoms. The van der Waals surface area contributed by atoms with Crippen molar-refractivity contribution < 1.29 is 23.4 Å². The molecule has 0 saturated carbocycles. The van der Waals surface area contributed by atoms with Crippen LogP contribution >= 0.6 is 0 Å². The molecule has 1 aromatic heterocycles. The van der Waals surface area contributed by atoms with Gasteiger partial charge >= 0.3 is 5.97 Å². The molecule has 8 nitrogen and oxygen atoms in total. The number of H-pyrrole nitrogens is 1. The summed E-state index contributed by atoms with van der Waals surface area (Å²) in [6.07, 6.45) is 1.98. The van der Waals surface area contributed by atoms with Crippen molar-refractivity contribution in [3.05, 3.63) is 12.4 Å². The summed E-state index contributed by atoms with van der Waals surface area (Å²) >= 11 is 0. The highest BCUT2D eigenvalue weighted by atomic mass is 32.2. The maximum atomic E-state index is 11.6. The highest BCUT2D eigenvalue weighted by Crippen LogP contribution is 2.06. The van der Waals surface area contributed by atoms with Crippen LogP contribution in [-0.4, -0.2) is 47.4 Å². The second-order valence-corrected chi connectivity index (χ2v) is 4.67. The van der Waals surface area contributed by atoms with Crippen molar-refractivity contribution in [2.24, 2.45) is 0 Å². The Kier molecular flexibility index (Phi) is 3.99. The fraction of sp³-hybridized carbons (Fsp3) is 0.429. The Morgan fingerprint density at radius 2 is 2.31 bits per heavy atom. The number of aliphatic hydroxyl groups excluding tert-OH is 1. The first-order valence-electron chi connectivity index (χ1n) is 4.32. The molecule has 0 fully saturated rings. The lowest BCUT2D eigenvalue weighted by Crippen LogP contribution is -2.41. The maximum Gasteiger partial charge on any atom is 0.321 e. The minimum atomic E-state index is -3.92. The van der Waals surface area contributed by atoms with Crippen LogP contribution < -0.4 is 4.72 Å². The van der Waals surface area contributed by atoms with Gasteiger partial charge in [0.1, 0.15) is 10.9 Å². The zero-order valence-electron chi connectivity index (χ0n) is 8.12. The lowest BCUT2D eigenvalue weighted by Gasteiger charge is -2.12. The van der Waals surface area contributed by atoms with Gasteiger partial charge in [-0.25, -0.2) is 8.42 Å². The molecule has 0 amide bonds. The number of carboxylic acids is 1. The Morgan fingerprint density at radius 1 is 1.62 bits per heavy atom. The molecule has 1 atom stereocenters. The molecule has 90 valence electrons. The second-order valence-electron chi connectivity index (χ2n) is 2.96. The molecule has 0 aliphatic heterocycles. The van der Waals surface area contributed by atoms with Gasteiger partial charge in [0.15, 0.2) is 0 Å². The van der Waals surface area contributed by atoms with Crippen LogP contribution in [0.3, 0.4) is 0 Å². The predicted molar refractivity (Wildman–Crippen MR) is 52.0 cm³/mol. The number of rotatable bonds is 6. The molecule has 1 unspecified atom stereocenters. The fourth-order valence-electron chi connectivity index (χ4n) is 1.00. The summed E-state index contributed by atoms with van der Waals surface area (Å²) in [5, 5.41) is 23.0. The number of aliphatic hydroxyl groups is 1. The monoisotopic (exact) mass is 249 g/mol. The molecular weight excluding hydrogens is 238 g/mol. The van der Waals surface area contributed by atoms with Crippen molar-refractivity contribution in [1.82, 2.24) is 14.9 Å². The summed E-state index contributed by atoms with van der Waals surface area (Å²) in [5.74, 6) is -1.35. The van der Waals surface area contributed by atoms with Crippen molar-refractivity contribution in [2.45, 2.75) is 17.4 Å². The van der Waals surface area contributed by atoms with Crippen LogP contribution in [0, 0.1) is 0 Å². The van der Waals surface area contributed by atoms with Crippen molar-refractivity contribution in [1.29, 1.82) is 0 Å². The molecule has 0 aliphatic carbocycles. The number of nitrogens with zero attached hydrogens (tertiary/aromatic N) is 1. The summed E-state index contributed by atoms with van der Waals surface area (Å²) < 4.78 is 25.1. The van der Waals surface area contributed by atoms with Gasteiger partial charge in [-0.2, -0.15) is 9.82 Å². The number of sulfonamides is 1. The molecule has 1 aromatic rings. The zero-order valence-corrected chi connectivity index (χ0v) is 8.94. The summed E-state index contributed by atoms with van der Waals surface area (Å²) in [6.45, 7) is -0.426. The largest absolute Gasteiger partial charge is 0.480 e. The molecule has 0 saturated heterocycles. The van der Waals surface area contributed by atoms with E-state index in [2.05, 4.69) is 10.2 Å². The van der Waals surface area contributed by atoms with E-state index in [4.69, 9.17) is 10.2 Å². The normalized spacial score (nSPS) is 13.6. The van der Waals surface area contributed by atoms with Crippen LogP contribution in [0.2, 0.25) is 0 Å².